The summed E-state index contributed by atoms with van der Waals surface area (Å²) in [5, 5.41) is 0.647. The van der Waals surface area contributed by atoms with E-state index >= 15 is 0 Å². The van der Waals surface area contributed by atoms with Crippen LogP contribution in [0.25, 0.3) is 0 Å². The van der Waals surface area contributed by atoms with Gasteiger partial charge >= 0.3 is 0 Å². The molecule has 104 valence electrons. The van der Waals surface area contributed by atoms with Crippen LogP contribution in [0.4, 0.5) is 10.1 Å². The average Bonchev–Trinajstić information content (AvgIpc) is 2.39. The molecule has 0 heterocycles. The van der Waals surface area contributed by atoms with Crippen LogP contribution in [0.1, 0.15) is 15.9 Å². The quantitative estimate of drug-likeness (QED) is 0.671. The molecule has 6 heteroatoms. The lowest BCUT2D eigenvalue weighted by molar-refractivity contribution is 0.100. The van der Waals surface area contributed by atoms with Crippen molar-refractivity contribution < 1.29 is 9.18 Å². The fraction of sp³-hybridized carbons (Fsp3) is 0.0714. The number of carbonyl (C=O) groups is 1. The van der Waals surface area contributed by atoms with Crippen LogP contribution < -0.4 is 11.5 Å². The van der Waals surface area contributed by atoms with Gasteiger partial charge in [0.25, 0.3) is 5.91 Å². The molecule has 0 saturated carbocycles. The summed E-state index contributed by atoms with van der Waals surface area (Å²) in [6, 6.07) is 9.76. The first-order chi connectivity index (χ1) is 9.47. The standard InChI is InChI=1S/C14H12ClFN2OS/c15-9-3-1-8(2-4-9)7-20-13-5-10(14(18)19)12(17)6-11(13)16/h1-6H,7,17H2,(H2,18,19). The number of nitrogen functional groups attached to an aromatic ring is 1. The Hall–Kier alpha value is -1.72. The summed E-state index contributed by atoms with van der Waals surface area (Å²) in [6.45, 7) is 0. The summed E-state index contributed by atoms with van der Waals surface area (Å²) in [4.78, 5) is 11.5. The summed E-state index contributed by atoms with van der Waals surface area (Å²) in [7, 11) is 0. The molecule has 0 spiro atoms. The van der Waals surface area contributed by atoms with Gasteiger partial charge in [-0.3, -0.25) is 4.79 Å². The zero-order valence-corrected chi connectivity index (χ0v) is 12.0. The summed E-state index contributed by atoms with van der Waals surface area (Å²) < 4.78 is 13.8. The Morgan fingerprint density at radius 3 is 2.50 bits per heavy atom. The summed E-state index contributed by atoms with van der Waals surface area (Å²) >= 11 is 7.06. The first-order valence-electron chi connectivity index (χ1n) is 5.73. The number of hydrogen-bond acceptors (Lipinski definition) is 3. The second-order valence-electron chi connectivity index (χ2n) is 4.15. The maximum atomic E-state index is 13.8. The molecular formula is C14H12ClFN2OS. The highest BCUT2D eigenvalue weighted by molar-refractivity contribution is 7.98. The Morgan fingerprint density at radius 1 is 1.25 bits per heavy atom. The lowest BCUT2D eigenvalue weighted by atomic mass is 10.1. The zero-order valence-electron chi connectivity index (χ0n) is 10.4. The number of nitrogens with two attached hydrogens (primary N) is 2. The number of primary amides is 1. The van der Waals surface area contributed by atoms with Crippen LogP contribution in [0.2, 0.25) is 5.02 Å². The van der Waals surface area contributed by atoms with E-state index in [4.69, 9.17) is 23.1 Å². The molecule has 0 atom stereocenters. The normalized spacial score (nSPS) is 10.5. The molecule has 0 aliphatic rings. The minimum atomic E-state index is -0.671. The van der Waals surface area contributed by atoms with Crippen LogP contribution in [0.5, 0.6) is 0 Å². The van der Waals surface area contributed by atoms with Gasteiger partial charge in [-0.2, -0.15) is 0 Å². The van der Waals surface area contributed by atoms with Crippen molar-refractivity contribution in [3.63, 3.8) is 0 Å². The van der Waals surface area contributed by atoms with Gasteiger partial charge in [-0.1, -0.05) is 23.7 Å². The number of amides is 1. The van der Waals surface area contributed by atoms with Crippen molar-refractivity contribution in [3.05, 3.63) is 58.4 Å². The number of rotatable bonds is 4. The van der Waals surface area contributed by atoms with E-state index in [9.17, 15) is 9.18 Å². The molecule has 1 amide bonds. The number of halogens is 2. The van der Waals surface area contributed by atoms with E-state index in [1.165, 1.54) is 17.8 Å². The summed E-state index contributed by atoms with van der Waals surface area (Å²) in [6.07, 6.45) is 0. The number of hydrogen-bond donors (Lipinski definition) is 2. The molecule has 0 saturated heterocycles. The lowest BCUT2D eigenvalue weighted by Gasteiger charge is -2.08. The molecule has 0 aliphatic carbocycles. The number of anilines is 1. The van der Waals surface area contributed by atoms with Gasteiger partial charge in [-0.05, 0) is 29.8 Å². The lowest BCUT2D eigenvalue weighted by Crippen LogP contribution is -2.14. The molecule has 3 nitrogen and oxygen atoms in total. The molecule has 0 aliphatic heterocycles. The van der Waals surface area contributed by atoms with Gasteiger partial charge in [0.1, 0.15) is 5.82 Å². The smallest absolute Gasteiger partial charge is 0.250 e. The van der Waals surface area contributed by atoms with Gasteiger partial charge in [0.05, 0.1) is 5.56 Å². The number of thioether (sulfide) groups is 1. The van der Waals surface area contributed by atoms with Crippen LogP contribution in [0, 0.1) is 5.82 Å². The fourth-order valence-corrected chi connectivity index (χ4v) is 2.67. The predicted octanol–water partition coefficient (Wildman–Crippen LogP) is 3.45. The van der Waals surface area contributed by atoms with E-state index in [2.05, 4.69) is 0 Å². The maximum Gasteiger partial charge on any atom is 0.250 e. The molecule has 2 aromatic carbocycles. The molecule has 0 aromatic heterocycles. The van der Waals surface area contributed by atoms with Crippen LogP contribution in [0.15, 0.2) is 41.3 Å². The highest BCUT2D eigenvalue weighted by Crippen LogP contribution is 2.29. The maximum absolute atomic E-state index is 13.8. The van der Waals surface area contributed by atoms with Crippen LogP contribution in [-0.2, 0) is 5.75 Å². The Balaban J connectivity index is 2.18. The largest absolute Gasteiger partial charge is 0.398 e. The van der Waals surface area contributed by atoms with E-state index in [0.29, 0.717) is 15.7 Å². The average molecular weight is 311 g/mol. The van der Waals surface area contributed by atoms with Crippen LogP contribution in [-0.4, -0.2) is 5.91 Å². The van der Waals surface area contributed by atoms with Gasteiger partial charge in [-0.25, -0.2) is 4.39 Å². The van der Waals surface area contributed by atoms with Gasteiger partial charge in [0, 0.05) is 21.4 Å². The number of carbonyl (C=O) groups excluding carboxylic acids is 1. The second-order valence-corrected chi connectivity index (χ2v) is 5.60. The third kappa shape index (κ3) is 3.43. The molecule has 4 N–H and O–H groups in total. The van der Waals surface area contributed by atoms with Crippen molar-refractivity contribution in [1.82, 2.24) is 0 Å². The third-order valence-corrected chi connectivity index (χ3v) is 4.03. The van der Waals surface area contributed by atoms with Gasteiger partial charge in [0.2, 0.25) is 0 Å². The number of benzene rings is 2. The predicted molar refractivity (Wildman–Crippen MR) is 80.3 cm³/mol. The van der Waals surface area contributed by atoms with Gasteiger partial charge in [-0.15, -0.1) is 11.8 Å². The first-order valence-corrected chi connectivity index (χ1v) is 7.10. The van der Waals surface area contributed by atoms with Crippen molar-refractivity contribution in [3.8, 4) is 0 Å². The van der Waals surface area contributed by atoms with Crippen LogP contribution >= 0.6 is 23.4 Å². The molecule has 20 heavy (non-hydrogen) atoms. The molecule has 2 rings (SSSR count). The summed E-state index contributed by atoms with van der Waals surface area (Å²) in [5.41, 5.74) is 11.9. The Bertz CT molecular complexity index is 646. The van der Waals surface area contributed by atoms with Crippen molar-refractivity contribution >= 4 is 35.0 Å². The zero-order chi connectivity index (χ0) is 14.7. The summed E-state index contributed by atoms with van der Waals surface area (Å²) in [5.74, 6) is -0.585. The first kappa shape index (κ1) is 14.7. The SMILES string of the molecule is NC(=O)c1cc(SCc2ccc(Cl)cc2)c(F)cc1N. The van der Waals surface area contributed by atoms with Gasteiger partial charge < -0.3 is 11.5 Å². The molecule has 0 fully saturated rings. The van der Waals surface area contributed by atoms with Gasteiger partial charge in [0.15, 0.2) is 0 Å². The topological polar surface area (TPSA) is 69.1 Å². The van der Waals surface area contributed by atoms with E-state index in [1.54, 1.807) is 12.1 Å². The van der Waals surface area contributed by atoms with E-state index < -0.39 is 11.7 Å². The van der Waals surface area contributed by atoms with E-state index in [1.807, 2.05) is 12.1 Å². The molecular weight excluding hydrogens is 299 g/mol. The van der Waals surface area contributed by atoms with Crippen molar-refractivity contribution in [2.45, 2.75) is 10.6 Å². The second kappa shape index (κ2) is 6.15. The van der Waals surface area contributed by atoms with E-state index in [-0.39, 0.29) is 11.3 Å². The third-order valence-electron chi connectivity index (χ3n) is 2.68. The molecule has 2 aromatic rings. The Morgan fingerprint density at radius 2 is 1.90 bits per heavy atom. The monoisotopic (exact) mass is 310 g/mol. The molecule has 0 unspecified atom stereocenters. The Labute approximate surface area is 125 Å². The van der Waals surface area contributed by atoms with Crippen molar-refractivity contribution in [1.29, 1.82) is 0 Å². The van der Waals surface area contributed by atoms with Crippen molar-refractivity contribution in [2.24, 2.45) is 5.73 Å². The van der Waals surface area contributed by atoms with Crippen molar-refractivity contribution in [2.75, 3.05) is 5.73 Å². The highest BCUT2D eigenvalue weighted by atomic mass is 35.5. The minimum Gasteiger partial charge on any atom is -0.398 e. The Kier molecular flexibility index (Phi) is 4.52. The minimum absolute atomic E-state index is 0.0471. The van der Waals surface area contributed by atoms with Crippen LogP contribution in [0.3, 0.4) is 0 Å². The molecule has 0 bridgehead atoms. The molecule has 0 radical (unpaired) electrons. The highest BCUT2D eigenvalue weighted by Gasteiger charge is 2.12. The fourth-order valence-electron chi connectivity index (χ4n) is 1.63. The van der Waals surface area contributed by atoms with E-state index in [0.717, 1.165) is 11.6 Å².